The van der Waals surface area contributed by atoms with E-state index in [1.165, 1.54) is 24.8 Å². The van der Waals surface area contributed by atoms with Crippen molar-refractivity contribution in [3.63, 3.8) is 0 Å². The summed E-state index contributed by atoms with van der Waals surface area (Å²) in [5.74, 6) is 1.85. The van der Waals surface area contributed by atoms with Gasteiger partial charge >= 0.3 is 0 Å². The lowest BCUT2D eigenvalue weighted by Gasteiger charge is -2.40. The minimum atomic E-state index is -0.277. The highest BCUT2D eigenvalue weighted by Gasteiger charge is 2.43. The van der Waals surface area contributed by atoms with Crippen LogP contribution in [0.5, 0.6) is 5.75 Å². The summed E-state index contributed by atoms with van der Waals surface area (Å²) in [6, 6.07) is 5.17. The molecule has 1 aromatic rings. The molecule has 2 bridgehead atoms. The van der Waals surface area contributed by atoms with Crippen molar-refractivity contribution in [1.29, 1.82) is 0 Å². The normalized spacial score (nSPS) is 28.0. The Bertz CT molecular complexity index is 562. The number of halogens is 2. The Morgan fingerprint density at radius 1 is 1.29 bits per heavy atom. The van der Waals surface area contributed by atoms with Crippen molar-refractivity contribution in [2.75, 3.05) is 0 Å². The van der Waals surface area contributed by atoms with Crippen LogP contribution in [0.3, 0.4) is 0 Å². The van der Waals surface area contributed by atoms with Crippen molar-refractivity contribution >= 4 is 29.6 Å². The van der Waals surface area contributed by atoms with E-state index in [1.807, 2.05) is 0 Å². The number of hydrogen-bond donors (Lipinski definition) is 2. The van der Waals surface area contributed by atoms with Gasteiger partial charge in [0.1, 0.15) is 5.75 Å². The molecule has 1 saturated carbocycles. The molecule has 3 N–H and O–H groups in total. The minimum Gasteiger partial charge on any atom is -0.508 e. The molecule has 0 radical (unpaired) electrons. The van der Waals surface area contributed by atoms with Gasteiger partial charge in [0.15, 0.2) is 0 Å². The standard InChI is InChI=1S/C17H22ClNO.ClH/c1-17(2,19)16-11-4-3-10(7-11)8-14(16)13-9-12(20)5-6-15(13)18;/h5-6,8-11,16,20H,3-4,7,19H2,1-2H3;1H. The third-order valence-corrected chi connectivity index (χ3v) is 5.13. The Morgan fingerprint density at radius 2 is 2.00 bits per heavy atom. The first-order valence-corrected chi connectivity index (χ1v) is 7.73. The maximum Gasteiger partial charge on any atom is 0.116 e. The van der Waals surface area contributed by atoms with Crippen LogP contribution in [0.25, 0.3) is 5.57 Å². The Hall–Kier alpha value is -0.700. The molecule has 3 rings (SSSR count). The third-order valence-electron chi connectivity index (χ3n) is 4.80. The summed E-state index contributed by atoms with van der Waals surface area (Å²) in [5.41, 5.74) is 8.37. The lowest BCUT2D eigenvalue weighted by molar-refractivity contribution is 0.273. The second-order valence-corrected chi connectivity index (χ2v) is 7.33. The molecule has 0 saturated heterocycles. The highest BCUT2D eigenvalue weighted by atomic mass is 35.5. The number of nitrogens with two attached hydrogens (primary N) is 1. The van der Waals surface area contributed by atoms with Crippen molar-refractivity contribution in [2.45, 2.75) is 38.6 Å². The molecule has 1 fully saturated rings. The maximum atomic E-state index is 9.79. The number of hydrogen-bond acceptors (Lipinski definition) is 2. The zero-order valence-corrected chi connectivity index (χ0v) is 14.0. The lowest BCUT2D eigenvalue weighted by Crippen LogP contribution is -2.45. The van der Waals surface area contributed by atoms with Crippen molar-refractivity contribution < 1.29 is 5.11 Å². The SMILES string of the molecule is CC(C)(N)C1C(c2cc(O)ccc2Cl)=CC2CCC1C2.Cl. The van der Waals surface area contributed by atoms with Crippen molar-refractivity contribution in [2.24, 2.45) is 23.5 Å². The number of phenols is 1. The molecule has 0 aromatic heterocycles. The zero-order valence-electron chi connectivity index (χ0n) is 12.5. The number of aromatic hydroxyl groups is 1. The van der Waals surface area contributed by atoms with E-state index in [0.29, 0.717) is 22.8 Å². The van der Waals surface area contributed by atoms with Gasteiger partial charge in [0, 0.05) is 16.5 Å². The molecule has 0 aliphatic heterocycles. The smallest absolute Gasteiger partial charge is 0.116 e. The molecule has 2 aliphatic carbocycles. The third kappa shape index (κ3) is 3.08. The fraction of sp³-hybridized carbons (Fsp3) is 0.529. The molecule has 0 spiro atoms. The highest BCUT2D eigenvalue weighted by Crippen LogP contribution is 2.52. The van der Waals surface area contributed by atoms with Gasteiger partial charge in [0.05, 0.1) is 0 Å². The number of fused-ring (bicyclic) bond motifs is 2. The summed E-state index contributed by atoms with van der Waals surface area (Å²) in [4.78, 5) is 0. The van der Waals surface area contributed by atoms with Crippen molar-refractivity contribution in [3.05, 3.63) is 34.9 Å². The Kier molecular flexibility index (Phi) is 4.63. The maximum absolute atomic E-state index is 9.79. The van der Waals surface area contributed by atoms with Crippen molar-refractivity contribution in [3.8, 4) is 5.75 Å². The molecular formula is C17H23Cl2NO. The van der Waals surface area contributed by atoms with Gasteiger partial charge in [-0.1, -0.05) is 17.7 Å². The lowest BCUT2D eigenvalue weighted by atomic mass is 9.68. The van der Waals surface area contributed by atoms with Gasteiger partial charge in [-0.25, -0.2) is 0 Å². The topological polar surface area (TPSA) is 46.2 Å². The first kappa shape index (κ1) is 16.7. The fourth-order valence-corrected chi connectivity index (χ4v) is 4.35. The molecule has 4 heteroatoms. The Labute approximate surface area is 137 Å². The molecule has 1 aromatic carbocycles. The van der Waals surface area contributed by atoms with Gasteiger partial charge < -0.3 is 10.8 Å². The fourth-order valence-electron chi connectivity index (χ4n) is 4.12. The summed E-state index contributed by atoms with van der Waals surface area (Å²) >= 11 is 6.37. The van der Waals surface area contributed by atoms with E-state index in [9.17, 15) is 5.11 Å². The molecule has 0 amide bonds. The van der Waals surface area contributed by atoms with Crippen LogP contribution in [-0.2, 0) is 0 Å². The van der Waals surface area contributed by atoms with Crippen molar-refractivity contribution in [1.82, 2.24) is 0 Å². The molecule has 0 heterocycles. The summed E-state index contributed by atoms with van der Waals surface area (Å²) < 4.78 is 0. The van der Waals surface area contributed by atoms with Gasteiger partial charge in [0.25, 0.3) is 0 Å². The van der Waals surface area contributed by atoms with E-state index < -0.39 is 0 Å². The average molecular weight is 328 g/mol. The van der Waals surface area contributed by atoms with Crippen LogP contribution in [-0.4, -0.2) is 10.6 Å². The first-order chi connectivity index (χ1) is 9.36. The number of rotatable bonds is 2. The summed E-state index contributed by atoms with van der Waals surface area (Å²) in [6.45, 7) is 4.20. The quantitative estimate of drug-likeness (QED) is 0.831. The van der Waals surface area contributed by atoms with Crippen LogP contribution < -0.4 is 5.73 Å². The van der Waals surface area contributed by atoms with E-state index in [1.54, 1.807) is 18.2 Å². The second-order valence-electron chi connectivity index (χ2n) is 6.92. The Morgan fingerprint density at radius 3 is 2.67 bits per heavy atom. The summed E-state index contributed by atoms with van der Waals surface area (Å²) in [7, 11) is 0. The van der Waals surface area contributed by atoms with Gasteiger partial charge in [-0.2, -0.15) is 0 Å². The van der Waals surface area contributed by atoms with E-state index in [4.69, 9.17) is 17.3 Å². The average Bonchev–Trinajstić information content (AvgIpc) is 2.71. The minimum absolute atomic E-state index is 0. The molecule has 3 atom stereocenters. The Balaban J connectivity index is 0.00000161. The van der Waals surface area contributed by atoms with Crippen LogP contribution in [0.4, 0.5) is 0 Å². The number of allylic oxidation sites excluding steroid dienone is 1. The first-order valence-electron chi connectivity index (χ1n) is 7.35. The van der Waals surface area contributed by atoms with E-state index in [-0.39, 0.29) is 23.7 Å². The molecule has 2 aliphatic rings. The predicted octanol–water partition coefficient (Wildman–Crippen LogP) is 4.63. The monoisotopic (exact) mass is 327 g/mol. The van der Waals surface area contributed by atoms with Crippen LogP contribution in [0.15, 0.2) is 24.3 Å². The molecule has 3 unspecified atom stereocenters. The largest absolute Gasteiger partial charge is 0.508 e. The van der Waals surface area contributed by atoms with Crippen LogP contribution >= 0.6 is 24.0 Å². The van der Waals surface area contributed by atoms with Gasteiger partial charge in [0.2, 0.25) is 0 Å². The molecular weight excluding hydrogens is 305 g/mol. The second kappa shape index (κ2) is 5.83. The molecule has 2 nitrogen and oxygen atoms in total. The van der Waals surface area contributed by atoms with Gasteiger partial charge in [-0.3, -0.25) is 0 Å². The van der Waals surface area contributed by atoms with E-state index in [2.05, 4.69) is 19.9 Å². The number of phenolic OH excluding ortho intramolecular Hbond substituents is 1. The van der Waals surface area contributed by atoms with E-state index >= 15 is 0 Å². The molecule has 21 heavy (non-hydrogen) atoms. The van der Waals surface area contributed by atoms with Crippen LogP contribution in [0, 0.1) is 17.8 Å². The highest BCUT2D eigenvalue weighted by molar-refractivity contribution is 6.32. The van der Waals surface area contributed by atoms with E-state index in [0.717, 1.165) is 5.56 Å². The predicted molar refractivity (Wildman–Crippen MR) is 90.9 cm³/mol. The zero-order chi connectivity index (χ0) is 14.5. The van der Waals surface area contributed by atoms with Crippen LogP contribution in [0.2, 0.25) is 5.02 Å². The number of benzene rings is 1. The molecule has 116 valence electrons. The van der Waals surface area contributed by atoms with Gasteiger partial charge in [-0.15, -0.1) is 12.4 Å². The van der Waals surface area contributed by atoms with Gasteiger partial charge in [-0.05, 0) is 74.3 Å². The summed E-state index contributed by atoms with van der Waals surface area (Å²) in [6.07, 6.45) is 6.08. The van der Waals surface area contributed by atoms with Crippen LogP contribution in [0.1, 0.15) is 38.7 Å². The summed E-state index contributed by atoms with van der Waals surface area (Å²) in [5, 5.41) is 10.5.